The molecule has 91 heavy (non-hydrogen) atoms. The van der Waals surface area contributed by atoms with Gasteiger partial charge in [0.25, 0.3) is 0 Å². The van der Waals surface area contributed by atoms with E-state index >= 15 is 0 Å². The predicted octanol–water partition coefficient (Wildman–Crippen LogP) is 20.8. The van der Waals surface area contributed by atoms with Gasteiger partial charge in [-0.05, 0) is 37.5 Å². The van der Waals surface area contributed by atoms with Gasteiger partial charge in [-0.2, -0.15) is 0 Å². The molecule has 5 atom stereocenters. The summed E-state index contributed by atoms with van der Waals surface area (Å²) in [6.45, 7) is 9.49. The minimum Gasteiger partial charge on any atom is -0.462 e. The summed E-state index contributed by atoms with van der Waals surface area (Å²) in [6.07, 6.45) is 50.7. The predicted molar refractivity (Wildman–Crippen MR) is 368 cm³/mol. The zero-order valence-corrected chi connectivity index (χ0v) is 60.9. The van der Waals surface area contributed by atoms with Crippen LogP contribution in [0.25, 0.3) is 0 Å². The normalized spacial score (nSPS) is 14.1. The number of carbonyl (C=O) groups is 4. The van der Waals surface area contributed by atoms with Crippen LogP contribution in [0.2, 0.25) is 0 Å². The first-order valence-corrected chi connectivity index (χ1v) is 40.5. The quantitative estimate of drug-likeness (QED) is 0.0222. The van der Waals surface area contributed by atoms with Crippen molar-refractivity contribution in [1.29, 1.82) is 0 Å². The molecule has 0 radical (unpaired) electrons. The third-order valence-corrected chi connectivity index (χ3v) is 18.6. The average molecular weight is 1340 g/mol. The monoisotopic (exact) mass is 1340 g/mol. The highest BCUT2D eigenvalue weighted by Gasteiger charge is 2.30. The molecular formula is C72H140O17P2. The lowest BCUT2D eigenvalue weighted by molar-refractivity contribution is -0.161. The molecule has 0 aliphatic rings. The van der Waals surface area contributed by atoms with Crippen LogP contribution in [-0.4, -0.2) is 96.7 Å². The number of phosphoric acid groups is 2. The Kier molecular flexibility index (Phi) is 62.7. The number of aliphatic hydroxyl groups excluding tert-OH is 1. The lowest BCUT2D eigenvalue weighted by Crippen LogP contribution is -2.30. The Hall–Kier alpha value is -1.94. The second kappa shape index (κ2) is 64.1. The minimum atomic E-state index is -4.95. The van der Waals surface area contributed by atoms with Crippen LogP contribution in [0.15, 0.2) is 0 Å². The molecule has 0 rings (SSSR count). The molecule has 0 fully saturated rings. The van der Waals surface area contributed by atoms with Gasteiger partial charge in [-0.1, -0.05) is 318 Å². The van der Waals surface area contributed by atoms with Crippen LogP contribution in [0.4, 0.5) is 0 Å². The van der Waals surface area contributed by atoms with E-state index in [2.05, 4.69) is 41.5 Å². The van der Waals surface area contributed by atoms with Crippen LogP contribution in [-0.2, 0) is 65.4 Å². The van der Waals surface area contributed by atoms with Crippen molar-refractivity contribution in [3.05, 3.63) is 0 Å². The van der Waals surface area contributed by atoms with E-state index in [4.69, 9.17) is 37.0 Å². The SMILES string of the molecule is CCCCCCCCCC(=O)O[C@H](COC(=O)CCCCCCC)COP(=O)(O)OC[C@H](O)COP(=O)(O)OC[C@@H](COC(=O)CCCCCCCCCCCCCCCCCC(C)C)OC(=O)CCCCCCCCCCCCCCCCCCCCC(C)C. The summed E-state index contributed by atoms with van der Waals surface area (Å²) in [5, 5.41) is 10.5. The number of ether oxygens (including phenoxy) is 4. The van der Waals surface area contributed by atoms with Crippen molar-refractivity contribution in [2.45, 2.75) is 387 Å². The molecule has 0 aliphatic heterocycles. The number of phosphoric ester groups is 2. The van der Waals surface area contributed by atoms with Gasteiger partial charge in [-0.25, -0.2) is 9.13 Å². The molecule has 0 bridgehead atoms. The second-order valence-corrected chi connectivity index (χ2v) is 29.8. The van der Waals surface area contributed by atoms with Crippen LogP contribution in [0.5, 0.6) is 0 Å². The van der Waals surface area contributed by atoms with E-state index in [1.165, 1.54) is 167 Å². The van der Waals surface area contributed by atoms with Gasteiger partial charge in [0.15, 0.2) is 12.2 Å². The highest BCUT2D eigenvalue weighted by molar-refractivity contribution is 7.47. The van der Waals surface area contributed by atoms with Crippen LogP contribution in [0, 0.1) is 11.8 Å². The van der Waals surface area contributed by atoms with E-state index in [1.807, 2.05) is 0 Å². The molecule has 0 spiro atoms. The van der Waals surface area contributed by atoms with E-state index in [1.54, 1.807) is 0 Å². The largest absolute Gasteiger partial charge is 0.472 e. The molecule has 0 aromatic carbocycles. The Labute approximate surface area is 556 Å². The third-order valence-electron chi connectivity index (χ3n) is 16.7. The Morgan fingerprint density at radius 3 is 0.747 bits per heavy atom. The number of hydrogen-bond acceptors (Lipinski definition) is 15. The molecular weight excluding hydrogens is 1200 g/mol. The summed E-state index contributed by atoms with van der Waals surface area (Å²) < 4.78 is 68.0. The van der Waals surface area contributed by atoms with Crippen molar-refractivity contribution < 1.29 is 80.2 Å². The van der Waals surface area contributed by atoms with Gasteiger partial charge < -0.3 is 33.8 Å². The third kappa shape index (κ3) is 66.5. The number of carbonyl (C=O) groups excluding carboxylic acids is 4. The van der Waals surface area contributed by atoms with Gasteiger partial charge in [0, 0.05) is 25.7 Å². The summed E-state index contributed by atoms with van der Waals surface area (Å²) in [5.74, 6) is -0.512. The molecule has 540 valence electrons. The molecule has 19 heteroatoms. The molecule has 0 saturated carbocycles. The van der Waals surface area contributed by atoms with Gasteiger partial charge in [0.1, 0.15) is 19.3 Å². The molecule has 2 unspecified atom stereocenters. The van der Waals surface area contributed by atoms with E-state index in [0.29, 0.717) is 25.7 Å². The average Bonchev–Trinajstić information content (AvgIpc) is 3.01. The highest BCUT2D eigenvalue weighted by atomic mass is 31.2. The lowest BCUT2D eigenvalue weighted by Gasteiger charge is -2.21. The van der Waals surface area contributed by atoms with E-state index < -0.39 is 97.5 Å². The minimum absolute atomic E-state index is 0.103. The fraction of sp³-hybridized carbons (Fsp3) is 0.944. The summed E-state index contributed by atoms with van der Waals surface area (Å²) in [7, 11) is -9.88. The molecule has 0 aliphatic carbocycles. The molecule has 0 amide bonds. The number of rotatable bonds is 71. The Bertz CT molecular complexity index is 1770. The molecule has 3 N–H and O–H groups in total. The maximum atomic E-state index is 13.1. The van der Waals surface area contributed by atoms with Gasteiger partial charge in [-0.15, -0.1) is 0 Å². The summed E-state index contributed by atoms with van der Waals surface area (Å²) in [6, 6.07) is 0. The summed E-state index contributed by atoms with van der Waals surface area (Å²) in [4.78, 5) is 72.1. The summed E-state index contributed by atoms with van der Waals surface area (Å²) in [5.41, 5.74) is 0. The smallest absolute Gasteiger partial charge is 0.462 e. The van der Waals surface area contributed by atoms with Gasteiger partial charge in [0.05, 0.1) is 26.4 Å². The van der Waals surface area contributed by atoms with Gasteiger partial charge in [-0.3, -0.25) is 37.3 Å². The number of aliphatic hydroxyl groups is 1. The summed E-state index contributed by atoms with van der Waals surface area (Å²) >= 11 is 0. The van der Waals surface area contributed by atoms with Crippen LogP contribution in [0.1, 0.15) is 369 Å². The fourth-order valence-corrected chi connectivity index (χ4v) is 12.5. The van der Waals surface area contributed by atoms with Crippen LogP contribution < -0.4 is 0 Å². The van der Waals surface area contributed by atoms with E-state index in [-0.39, 0.29) is 25.7 Å². The van der Waals surface area contributed by atoms with Crippen LogP contribution >= 0.6 is 15.6 Å². The first-order valence-electron chi connectivity index (χ1n) is 37.5. The molecule has 0 heterocycles. The number of esters is 4. The zero-order valence-electron chi connectivity index (χ0n) is 59.1. The first-order chi connectivity index (χ1) is 43.9. The van der Waals surface area contributed by atoms with Crippen molar-refractivity contribution in [2.24, 2.45) is 11.8 Å². The molecule has 0 aromatic heterocycles. The second-order valence-electron chi connectivity index (χ2n) is 26.9. The van der Waals surface area contributed by atoms with Crippen molar-refractivity contribution in [1.82, 2.24) is 0 Å². The zero-order chi connectivity index (χ0) is 67.2. The standard InChI is InChI=1S/C72H140O17P2/c1-7-9-11-13-35-44-50-56-71(76)88-67(60-82-69(74)54-48-40-12-10-8-2)62-86-90(78,79)84-58-66(73)59-85-91(80,81)87-63-68(61-83-70(75)55-49-43-38-33-29-25-22-18-20-24-28-32-37-42-47-53-65(5)6)89-72(77)57-51-45-39-34-30-26-21-17-15-14-16-19-23-27-31-36-41-46-52-64(3)4/h64-68,73H,7-63H2,1-6H3,(H,78,79)(H,80,81)/t66-,67+,68+/m0/s1. The Balaban J connectivity index is 5.07. The maximum absolute atomic E-state index is 13.1. The molecule has 17 nitrogen and oxygen atoms in total. The Morgan fingerprint density at radius 2 is 0.505 bits per heavy atom. The maximum Gasteiger partial charge on any atom is 0.472 e. The number of unbranched alkanes of at least 4 members (excludes halogenated alkanes) is 41. The van der Waals surface area contributed by atoms with Crippen molar-refractivity contribution in [2.75, 3.05) is 39.6 Å². The molecule has 0 aromatic rings. The van der Waals surface area contributed by atoms with Crippen molar-refractivity contribution in [3.63, 3.8) is 0 Å². The number of hydrogen-bond donors (Lipinski definition) is 3. The van der Waals surface area contributed by atoms with Crippen LogP contribution in [0.3, 0.4) is 0 Å². The topological polar surface area (TPSA) is 237 Å². The van der Waals surface area contributed by atoms with Crippen molar-refractivity contribution >= 4 is 39.5 Å². The first kappa shape index (κ1) is 89.1. The lowest BCUT2D eigenvalue weighted by atomic mass is 10.0. The Morgan fingerprint density at radius 1 is 0.297 bits per heavy atom. The van der Waals surface area contributed by atoms with E-state index in [0.717, 1.165) is 121 Å². The van der Waals surface area contributed by atoms with Crippen molar-refractivity contribution in [3.8, 4) is 0 Å². The van der Waals surface area contributed by atoms with Gasteiger partial charge >= 0.3 is 39.5 Å². The van der Waals surface area contributed by atoms with E-state index in [9.17, 15) is 43.2 Å². The molecule has 0 saturated heterocycles. The van der Waals surface area contributed by atoms with Gasteiger partial charge in [0.2, 0.25) is 0 Å². The fourth-order valence-electron chi connectivity index (χ4n) is 10.9. The highest BCUT2D eigenvalue weighted by Crippen LogP contribution is 2.45.